The number of carbonyl (C=O) groups is 1. The molecule has 0 aliphatic carbocycles. The van der Waals surface area contributed by atoms with Crippen LogP contribution in [0.15, 0.2) is 83.4 Å². The van der Waals surface area contributed by atoms with Crippen LogP contribution < -0.4 is 10.6 Å². The van der Waals surface area contributed by atoms with Gasteiger partial charge in [-0.1, -0.05) is 48.0 Å². The molecule has 188 valence electrons. The highest BCUT2D eigenvalue weighted by molar-refractivity contribution is 7.80. The summed E-state index contributed by atoms with van der Waals surface area (Å²) in [6, 6.07) is 22.8. The highest BCUT2D eigenvalue weighted by Gasteiger charge is 2.41. The third-order valence-corrected chi connectivity index (χ3v) is 7.33. The number of pyridine rings is 1. The third-order valence-electron chi connectivity index (χ3n) is 6.57. The van der Waals surface area contributed by atoms with E-state index in [1.54, 1.807) is 6.20 Å². The summed E-state index contributed by atoms with van der Waals surface area (Å²) in [6.45, 7) is 4.36. The Morgan fingerprint density at radius 2 is 1.89 bits per heavy atom. The number of aryl methyl sites for hydroxylation is 2. The largest absolute Gasteiger partial charge is 0.459 e. The van der Waals surface area contributed by atoms with Gasteiger partial charge in [0.15, 0.2) is 5.11 Å². The molecular weight excluding hydrogens is 504 g/mol. The summed E-state index contributed by atoms with van der Waals surface area (Å²) < 4.78 is 6.37. The molecule has 8 heteroatoms. The van der Waals surface area contributed by atoms with Crippen molar-refractivity contribution in [3.63, 3.8) is 0 Å². The Morgan fingerprint density at radius 3 is 2.65 bits per heavy atom. The first-order valence-corrected chi connectivity index (χ1v) is 12.9. The summed E-state index contributed by atoms with van der Waals surface area (Å²) in [5.41, 5.74) is 4.58. The van der Waals surface area contributed by atoms with Crippen molar-refractivity contribution in [3.8, 4) is 11.3 Å². The van der Waals surface area contributed by atoms with Gasteiger partial charge in [-0.05, 0) is 73.6 Å². The minimum absolute atomic E-state index is 0.0773. The van der Waals surface area contributed by atoms with Crippen LogP contribution in [0.1, 0.15) is 41.1 Å². The smallest absolute Gasteiger partial charge is 0.226 e. The molecule has 1 fully saturated rings. The van der Waals surface area contributed by atoms with Crippen LogP contribution in [0.4, 0.5) is 5.69 Å². The van der Waals surface area contributed by atoms with Crippen molar-refractivity contribution in [2.45, 2.75) is 32.4 Å². The number of aromatic nitrogens is 1. The number of thiocarbonyl (C=S) groups is 1. The van der Waals surface area contributed by atoms with E-state index in [4.69, 9.17) is 28.2 Å². The van der Waals surface area contributed by atoms with Crippen molar-refractivity contribution in [3.05, 3.63) is 107 Å². The Bertz CT molecular complexity index is 1440. The van der Waals surface area contributed by atoms with Gasteiger partial charge in [0.25, 0.3) is 0 Å². The second kappa shape index (κ2) is 10.7. The number of hydrogen-bond donors (Lipinski definition) is 2. The Hall–Kier alpha value is -3.68. The molecule has 1 aliphatic rings. The van der Waals surface area contributed by atoms with Gasteiger partial charge in [0, 0.05) is 35.4 Å². The summed E-state index contributed by atoms with van der Waals surface area (Å²) in [7, 11) is 0. The maximum atomic E-state index is 12.8. The minimum Gasteiger partial charge on any atom is -0.459 e. The van der Waals surface area contributed by atoms with Crippen molar-refractivity contribution >= 4 is 40.5 Å². The molecule has 1 aliphatic heterocycles. The number of amides is 1. The first-order chi connectivity index (χ1) is 17.9. The fourth-order valence-electron chi connectivity index (χ4n) is 4.52. The highest BCUT2D eigenvalue weighted by atomic mass is 35.5. The number of halogens is 1. The van der Waals surface area contributed by atoms with Gasteiger partial charge in [-0.15, -0.1) is 0 Å². The van der Waals surface area contributed by atoms with Crippen LogP contribution in [-0.4, -0.2) is 27.4 Å². The van der Waals surface area contributed by atoms with Crippen LogP contribution in [0, 0.1) is 13.8 Å². The maximum Gasteiger partial charge on any atom is 0.226 e. The molecule has 5 rings (SSSR count). The number of hydrogen-bond acceptors (Lipinski definition) is 4. The molecule has 37 heavy (non-hydrogen) atoms. The summed E-state index contributed by atoms with van der Waals surface area (Å²) in [4.78, 5) is 19.4. The molecule has 3 heterocycles. The van der Waals surface area contributed by atoms with Crippen molar-refractivity contribution in [1.29, 1.82) is 0 Å². The Labute approximate surface area is 226 Å². The molecule has 4 aromatic rings. The van der Waals surface area contributed by atoms with E-state index in [1.807, 2.05) is 91.5 Å². The Morgan fingerprint density at radius 1 is 1.08 bits per heavy atom. The second-order valence-electron chi connectivity index (χ2n) is 9.10. The van der Waals surface area contributed by atoms with Crippen LogP contribution in [0.5, 0.6) is 0 Å². The van der Waals surface area contributed by atoms with Crippen LogP contribution >= 0.6 is 23.8 Å². The molecule has 1 saturated heterocycles. The monoisotopic (exact) mass is 530 g/mol. The van der Waals surface area contributed by atoms with E-state index < -0.39 is 0 Å². The number of furan rings is 1. The fourth-order valence-corrected chi connectivity index (χ4v) is 5.03. The quantitative estimate of drug-likeness (QED) is 0.262. The summed E-state index contributed by atoms with van der Waals surface area (Å²) >= 11 is 12.1. The van der Waals surface area contributed by atoms with E-state index in [1.165, 1.54) is 0 Å². The maximum absolute atomic E-state index is 12.8. The third kappa shape index (κ3) is 5.38. The molecule has 0 spiro atoms. The molecule has 0 unspecified atom stereocenters. The van der Waals surface area contributed by atoms with Gasteiger partial charge in [0.1, 0.15) is 17.6 Å². The molecule has 0 saturated carbocycles. The predicted molar refractivity (Wildman–Crippen MR) is 150 cm³/mol. The zero-order valence-corrected chi connectivity index (χ0v) is 22.1. The topological polar surface area (TPSA) is 70.4 Å². The minimum atomic E-state index is -0.275. The lowest BCUT2D eigenvalue weighted by atomic mass is 10.0. The molecule has 6 nitrogen and oxygen atoms in total. The summed E-state index contributed by atoms with van der Waals surface area (Å²) in [6.07, 6.45) is 2.03. The number of anilines is 1. The fraction of sp³-hybridized carbons (Fsp3) is 0.207. The molecule has 2 N–H and O–H groups in total. The zero-order valence-electron chi connectivity index (χ0n) is 20.6. The van der Waals surface area contributed by atoms with Crippen LogP contribution in [0.3, 0.4) is 0 Å². The van der Waals surface area contributed by atoms with Crippen molar-refractivity contribution in [2.24, 2.45) is 0 Å². The first-order valence-electron chi connectivity index (χ1n) is 12.1. The van der Waals surface area contributed by atoms with E-state index in [-0.39, 0.29) is 24.4 Å². The number of benzene rings is 2. The van der Waals surface area contributed by atoms with Crippen molar-refractivity contribution in [1.82, 2.24) is 15.2 Å². The van der Waals surface area contributed by atoms with Gasteiger partial charge in [0.2, 0.25) is 5.91 Å². The van der Waals surface area contributed by atoms with E-state index in [2.05, 4.69) is 15.6 Å². The van der Waals surface area contributed by atoms with Crippen LogP contribution in [0.2, 0.25) is 5.02 Å². The second-order valence-corrected chi connectivity index (χ2v) is 9.89. The zero-order chi connectivity index (χ0) is 25.9. The number of nitrogens with zero attached hydrogens (tertiary/aromatic N) is 2. The van der Waals surface area contributed by atoms with Gasteiger partial charge in [0.05, 0.1) is 11.7 Å². The molecule has 2 aromatic carbocycles. The predicted octanol–water partition coefficient (Wildman–Crippen LogP) is 6.61. The normalized spacial score (nSPS) is 17.1. The van der Waals surface area contributed by atoms with E-state index >= 15 is 0 Å². The van der Waals surface area contributed by atoms with Crippen LogP contribution in [0.25, 0.3) is 11.3 Å². The average Bonchev–Trinajstić information content (AvgIpc) is 3.51. The van der Waals surface area contributed by atoms with Gasteiger partial charge in [-0.25, -0.2) is 0 Å². The molecule has 2 aromatic heterocycles. The van der Waals surface area contributed by atoms with E-state index in [9.17, 15) is 4.79 Å². The lowest BCUT2D eigenvalue weighted by Gasteiger charge is -2.26. The van der Waals surface area contributed by atoms with Crippen molar-refractivity contribution < 1.29 is 9.21 Å². The molecule has 1 amide bonds. The van der Waals surface area contributed by atoms with Gasteiger partial charge in [-0.2, -0.15) is 0 Å². The summed E-state index contributed by atoms with van der Waals surface area (Å²) in [5.74, 6) is 1.37. The van der Waals surface area contributed by atoms with Gasteiger partial charge in [-0.3, -0.25) is 9.78 Å². The molecule has 0 radical (unpaired) electrons. The average molecular weight is 531 g/mol. The number of rotatable bonds is 7. The molecule has 2 atom stereocenters. The highest BCUT2D eigenvalue weighted by Crippen LogP contribution is 2.40. The Balaban J connectivity index is 1.41. The lowest BCUT2D eigenvalue weighted by molar-refractivity contribution is -0.116. The van der Waals surface area contributed by atoms with Crippen LogP contribution in [-0.2, 0) is 4.79 Å². The Kier molecular flexibility index (Phi) is 7.26. The van der Waals surface area contributed by atoms with Gasteiger partial charge >= 0.3 is 0 Å². The number of carbonyl (C=O) groups excluding carboxylic acids is 1. The standard InChI is InChI=1S/C29H27ClN4O2S/c1-18-10-11-20(17-21(18)30)24-12-13-25(36-24)28-27(23-9-5-6-15-31-23)33-29(37)34(28)16-14-26(35)32-22-8-4-3-7-19(22)2/h3-13,15,17,27-28H,14,16H2,1-2H3,(H,32,35)(H,33,37)/t27-,28-/m0/s1. The van der Waals surface area contributed by atoms with Crippen molar-refractivity contribution in [2.75, 3.05) is 11.9 Å². The van der Waals surface area contributed by atoms with E-state index in [0.29, 0.717) is 22.4 Å². The molecular formula is C29H27ClN4O2S. The van der Waals surface area contributed by atoms with Gasteiger partial charge < -0.3 is 20.0 Å². The van der Waals surface area contributed by atoms with E-state index in [0.717, 1.165) is 33.8 Å². The number of para-hydroxylation sites is 1. The first kappa shape index (κ1) is 25.0. The number of nitrogens with one attached hydrogen (secondary N) is 2. The molecule has 0 bridgehead atoms. The summed E-state index contributed by atoms with van der Waals surface area (Å²) in [5, 5.41) is 7.65. The lowest BCUT2D eigenvalue weighted by Crippen LogP contribution is -2.32. The SMILES string of the molecule is Cc1ccc(-c2ccc([C@H]3[C@H](c4ccccn4)NC(=S)N3CCC(=O)Nc3ccccc3C)o2)cc1Cl.